The molecule has 266 valence electrons. The molecule has 5 aromatic rings. The summed E-state index contributed by atoms with van der Waals surface area (Å²) in [6, 6.07) is 8.81. The number of nitrogens with two attached hydrogens (primary N) is 1. The Balaban J connectivity index is 1.48. The van der Waals surface area contributed by atoms with Crippen molar-refractivity contribution in [2.45, 2.75) is 78.6 Å². The third-order valence-corrected chi connectivity index (χ3v) is 8.79. The second kappa shape index (κ2) is 13.4. The van der Waals surface area contributed by atoms with Gasteiger partial charge >= 0.3 is 0 Å². The molecule has 4 heterocycles. The van der Waals surface area contributed by atoms with Crippen LogP contribution in [0.2, 0.25) is 0 Å². The molecule has 0 fully saturated rings. The minimum atomic E-state index is -3.34. The molecule has 6 rings (SSSR count). The smallest absolute Gasteiger partial charge is 0.292 e. The van der Waals surface area contributed by atoms with Gasteiger partial charge in [-0.3, -0.25) is 13.9 Å². The number of carbonyl (C=O) groups is 1. The average molecular weight is 705 g/mol. The van der Waals surface area contributed by atoms with Crippen LogP contribution in [0.5, 0.6) is 0 Å². The lowest BCUT2D eigenvalue weighted by atomic mass is 9.94. The van der Waals surface area contributed by atoms with Crippen molar-refractivity contribution in [1.29, 1.82) is 0 Å². The van der Waals surface area contributed by atoms with Gasteiger partial charge in [0.2, 0.25) is 11.9 Å². The Morgan fingerprint density at radius 3 is 2.49 bits per heavy atom. The third-order valence-electron chi connectivity index (χ3n) is 8.79. The van der Waals surface area contributed by atoms with Crippen molar-refractivity contribution in [2.24, 2.45) is 11.3 Å². The Labute approximate surface area is 291 Å². The van der Waals surface area contributed by atoms with E-state index in [4.69, 9.17) is 10.7 Å². The molecule has 9 nitrogen and oxygen atoms in total. The molecule has 0 bridgehead atoms. The number of nitrogens with one attached hydrogen (secondary N) is 1. The van der Waals surface area contributed by atoms with E-state index in [9.17, 15) is 18.0 Å². The van der Waals surface area contributed by atoms with Gasteiger partial charge in [0.1, 0.15) is 41.4 Å². The van der Waals surface area contributed by atoms with Gasteiger partial charge in [-0.1, -0.05) is 12.8 Å². The molecule has 4 aromatic heterocycles. The normalized spacial score (nSPS) is 16.4. The second-order valence-electron chi connectivity index (χ2n) is 13.8. The Hall–Kier alpha value is -5.32. The second-order valence-corrected chi connectivity index (χ2v) is 13.8. The number of amides is 1. The van der Waals surface area contributed by atoms with E-state index in [1.54, 1.807) is 41.8 Å². The van der Waals surface area contributed by atoms with Gasteiger partial charge in [-0.15, -0.1) is 10.2 Å². The predicted octanol–water partition coefficient (Wildman–Crippen LogP) is 7.05. The van der Waals surface area contributed by atoms with E-state index in [0.717, 1.165) is 22.9 Å². The number of rotatable bonds is 9. The fraction of sp³-hybridized carbons (Fsp3) is 0.378. The van der Waals surface area contributed by atoms with E-state index in [0.29, 0.717) is 22.5 Å². The molecule has 0 saturated carbocycles. The number of nitrogen functional groups attached to an aromatic ring is 1. The van der Waals surface area contributed by atoms with Crippen molar-refractivity contribution in [3.8, 4) is 23.0 Å². The van der Waals surface area contributed by atoms with Crippen LogP contribution < -0.4 is 11.1 Å². The minimum Gasteiger partial charge on any atom is -0.368 e. The largest absolute Gasteiger partial charge is 0.368 e. The lowest BCUT2D eigenvalue weighted by Crippen LogP contribution is -2.35. The highest BCUT2D eigenvalue weighted by Crippen LogP contribution is 2.49. The number of fused-ring (bicyclic) bond motifs is 2. The number of carbonyl (C=O) groups excluding carboxylic acids is 1. The standard InChI is InChI=1S/C37H37F5N8O/c1-6-22-17-28-31(20(2)38)48-50(33(28)37(22,41)42)19-30(51)45-29(16-21-14-23(39)18-24(40)15-21)32-26(10-9-25(44-32)11-12-36(3,4)5)27-8-7-13-49-34(27)46-47-35(49)43/h7-10,13-15,18,20,22,29H,6,16-17,19H2,1-5H3,(H2,43,47)(H,45,51). The van der Waals surface area contributed by atoms with Crippen LogP contribution in [0.25, 0.3) is 16.8 Å². The molecule has 3 N–H and O–H groups in total. The molecule has 0 spiro atoms. The van der Waals surface area contributed by atoms with Crippen LogP contribution in [-0.2, 0) is 30.1 Å². The summed E-state index contributed by atoms with van der Waals surface area (Å²) in [5.41, 5.74) is 7.31. The van der Waals surface area contributed by atoms with Crippen molar-refractivity contribution in [3.63, 3.8) is 0 Å². The highest BCUT2D eigenvalue weighted by Gasteiger charge is 2.52. The Morgan fingerprint density at radius 1 is 1.10 bits per heavy atom. The van der Waals surface area contributed by atoms with Gasteiger partial charge in [0.15, 0.2) is 5.65 Å². The topological polar surface area (TPSA) is 116 Å². The summed E-state index contributed by atoms with van der Waals surface area (Å²) in [5.74, 6) is -0.508. The van der Waals surface area contributed by atoms with Gasteiger partial charge in [0.05, 0.1) is 11.7 Å². The van der Waals surface area contributed by atoms with E-state index >= 15 is 8.78 Å². The molecule has 0 saturated heterocycles. The predicted molar refractivity (Wildman–Crippen MR) is 181 cm³/mol. The lowest BCUT2D eigenvalue weighted by Gasteiger charge is -2.23. The zero-order chi connectivity index (χ0) is 36.8. The highest BCUT2D eigenvalue weighted by molar-refractivity contribution is 5.81. The van der Waals surface area contributed by atoms with Crippen molar-refractivity contribution in [2.75, 3.05) is 5.73 Å². The minimum absolute atomic E-state index is 0.0633. The highest BCUT2D eigenvalue weighted by atomic mass is 19.3. The number of benzene rings is 1. The summed E-state index contributed by atoms with van der Waals surface area (Å²) in [5, 5.41) is 15.2. The van der Waals surface area contributed by atoms with Crippen molar-refractivity contribution in [1.82, 2.24) is 34.7 Å². The molecule has 0 radical (unpaired) electrons. The van der Waals surface area contributed by atoms with E-state index in [-0.39, 0.29) is 53.1 Å². The molecule has 1 aromatic carbocycles. The molecular formula is C37H37F5N8O. The first-order valence-electron chi connectivity index (χ1n) is 16.6. The van der Waals surface area contributed by atoms with Gasteiger partial charge in [-0.25, -0.2) is 18.2 Å². The SMILES string of the molecule is CCC1Cc2c(C(C)F)nn(CC(=O)NC(Cc3cc(F)cc(F)c3)c3nc(C#CC(C)(C)C)ccc3-c3cccn4c(N)nnc34)c2C1(F)F. The monoisotopic (exact) mass is 704 g/mol. The van der Waals surface area contributed by atoms with Gasteiger partial charge in [-0.2, -0.15) is 13.9 Å². The van der Waals surface area contributed by atoms with Crippen LogP contribution in [0.3, 0.4) is 0 Å². The van der Waals surface area contributed by atoms with Crippen LogP contribution >= 0.6 is 0 Å². The van der Waals surface area contributed by atoms with Crippen molar-refractivity contribution < 1.29 is 26.7 Å². The Kier molecular flexibility index (Phi) is 9.35. The van der Waals surface area contributed by atoms with Gasteiger partial charge in [0.25, 0.3) is 5.92 Å². The lowest BCUT2D eigenvalue weighted by molar-refractivity contribution is -0.123. The number of halogens is 5. The summed E-state index contributed by atoms with van der Waals surface area (Å²) in [6.07, 6.45) is -0.0397. The zero-order valence-corrected chi connectivity index (χ0v) is 28.7. The van der Waals surface area contributed by atoms with Crippen LogP contribution in [0.15, 0.2) is 48.7 Å². The molecule has 1 amide bonds. The zero-order valence-electron chi connectivity index (χ0n) is 28.7. The van der Waals surface area contributed by atoms with Gasteiger partial charge in [0, 0.05) is 40.3 Å². The molecule has 1 aliphatic carbocycles. The summed E-state index contributed by atoms with van der Waals surface area (Å²) < 4.78 is 77.2. The van der Waals surface area contributed by atoms with Crippen molar-refractivity contribution >= 4 is 17.5 Å². The van der Waals surface area contributed by atoms with Crippen LogP contribution in [-0.4, -0.2) is 35.3 Å². The molecule has 3 unspecified atom stereocenters. The van der Waals surface area contributed by atoms with E-state index < -0.39 is 53.8 Å². The summed E-state index contributed by atoms with van der Waals surface area (Å²) >= 11 is 0. The fourth-order valence-corrected chi connectivity index (χ4v) is 6.48. The average Bonchev–Trinajstić information content (AvgIpc) is 3.69. The number of pyridine rings is 2. The van der Waals surface area contributed by atoms with Crippen molar-refractivity contribution in [3.05, 3.63) is 94.2 Å². The molecule has 51 heavy (non-hydrogen) atoms. The summed E-state index contributed by atoms with van der Waals surface area (Å²) in [7, 11) is 0. The van der Waals surface area contributed by atoms with E-state index in [2.05, 4.69) is 32.5 Å². The molecular weight excluding hydrogens is 667 g/mol. The van der Waals surface area contributed by atoms with E-state index in [1.165, 1.54) is 6.92 Å². The van der Waals surface area contributed by atoms with Crippen LogP contribution in [0.4, 0.5) is 27.9 Å². The number of anilines is 1. The maximum absolute atomic E-state index is 15.6. The van der Waals surface area contributed by atoms with E-state index in [1.807, 2.05) is 20.8 Å². The number of hydrogen-bond acceptors (Lipinski definition) is 6. The third kappa shape index (κ3) is 7.15. The number of alkyl halides is 3. The van der Waals surface area contributed by atoms with Crippen LogP contribution in [0.1, 0.15) is 87.2 Å². The fourth-order valence-electron chi connectivity index (χ4n) is 6.48. The quantitative estimate of drug-likeness (QED) is 0.126. The number of nitrogens with zero attached hydrogens (tertiary/aromatic N) is 6. The Bertz CT molecular complexity index is 2170. The first kappa shape index (κ1) is 35.5. The Morgan fingerprint density at radius 2 is 1.82 bits per heavy atom. The maximum Gasteiger partial charge on any atom is 0.292 e. The number of hydrogen-bond donors (Lipinski definition) is 2. The summed E-state index contributed by atoms with van der Waals surface area (Å²) in [4.78, 5) is 18.7. The first-order chi connectivity index (χ1) is 24.0. The van der Waals surface area contributed by atoms with Gasteiger partial charge in [-0.05, 0) is 94.8 Å². The first-order valence-corrected chi connectivity index (χ1v) is 16.6. The summed E-state index contributed by atoms with van der Waals surface area (Å²) in [6.45, 7) is 7.96. The van der Waals surface area contributed by atoms with Gasteiger partial charge < -0.3 is 11.1 Å². The number of aromatic nitrogens is 6. The maximum atomic E-state index is 15.6. The van der Waals surface area contributed by atoms with Crippen LogP contribution in [0, 0.1) is 34.8 Å². The molecule has 3 atom stereocenters. The molecule has 0 aliphatic heterocycles. The molecule has 1 aliphatic rings. The molecule has 14 heteroatoms.